The van der Waals surface area contributed by atoms with Crippen LogP contribution in [0.3, 0.4) is 0 Å². The predicted molar refractivity (Wildman–Crippen MR) is 45.0 cm³/mol. The first-order valence-electron chi connectivity index (χ1n) is 2.22. The second-order valence-corrected chi connectivity index (χ2v) is 1.76. The molecule has 0 radical (unpaired) electrons. The average Bonchev–Trinajstić information content (AvgIpc) is 1.27. The second kappa shape index (κ2) is 11.8. The van der Waals surface area contributed by atoms with Gasteiger partial charge < -0.3 is 26.8 Å². The van der Waals surface area contributed by atoms with Gasteiger partial charge in [-0.15, -0.1) is 0 Å². The van der Waals surface area contributed by atoms with Crippen molar-refractivity contribution in [1.29, 1.82) is 0 Å². The standard InChI is InChI=1S/C6H9N.2CH3.Pt/c1-5(2)4-6(3)7;;;/h1H,4H2,2-3H3;2*1H3;/q-2;2*-1;+4. The molecule has 0 bridgehead atoms. The summed E-state index contributed by atoms with van der Waals surface area (Å²) in [5.74, 6) is 0. The molecule has 10 heavy (non-hydrogen) atoms. The third-order valence-corrected chi connectivity index (χ3v) is 0.535. The van der Waals surface area contributed by atoms with E-state index in [9.17, 15) is 0 Å². The fourth-order valence-electron chi connectivity index (χ4n) is 0.404. The molecule has 0 fully saturated rings. The van der Waals surface area contributed by atoms with Gasteiger partial charge in [0, 0.05) is 0 Å². The molecular formula is C8H15NPt. The largest absolute Gasteiger partial charge is 4.00 e. The van der Waals surface area contributed by atoms with Crippen LogP contribution in [0, 0.1) is 21.4 Å². The summed E-state index contributed by atoms with van der Waals surface area (Å²) in [6, 6.07) is 0. The summed E-state index contributed by atoms with van der Waals surface area (Å²) in [6.07, 6.45) is 0.528. The molecule has 62 valence electrons. The molecule has 2 heteroatoms. The zero-order valence-electron chi connectivity index (χ0n) is 7.05. The SMILES string of the molecule is [CH-]=C(C)CC(C)=[N-].[CH3-].[CH3-].[Pt+4]. The van der Waals surface area contributed by atoms with E-state index >= 15 is 0 Å². The minimum absolute atomic E-state index is 0. The second-order valence-electron chi connectivity index (χ2n) is 1.76. The first-order valence-corrected chi connectivity index (χ1v) is 2.22. The smallest absolute Gasteiger partial charge is 0.811 e. The van der Waals surface area contributed by atoms with Crippen molar-refractivity contribution < 1.29 is 21.1 Å². The molecule has 0 aromatic heterocycles. The quantitative estimate of drug-likeness (QED) is 0.551. The van der Waals surface area contributed by atoms with Crippen molar-refractivity contribution in [2.45, 2.75) is 20.3 Å². The minimum atomic E-state index is 0. The molecule has 0 aliphatic heterocycles. The van der Waals surface area contributed by atoms with E-state index in [1.807, 2.05) is 0 Å². The van der Waals surface area contributed by atoms with E-state index in [2.05, 4.69) is 0 Å². The van der Waals surface area contributed by atoms with Gasteiger partial charge in [0.25, 0.3) is 0 Å². The fourth-order valence-corrected chi connectivity index (χ4v) is 0.404. The summed E-state index contributed by atoms with van der Waals surface area (Å²) in [7, 11) is 0. The van der Waals surface area contributed by atoms with Crippen LogP contribution in [0.15, 0.2) is 5.57 Å². The zero-order valence-corrected chi connectivity index (χ0v) is 9.32. The number of hydrogen-bond acceptors (Lipinski definition) is 0. The molecule has 0 unspecified atom stereocenters. The summed E-state index contributed by atoms with van der Waals surface area (Å²) in [5, 5.41) is 8.54. The Morgan fingerprint density at radius 1 is 1.30 bits per heavy atom. The van der Waals surface area contributed by atoms with Crippen LogP contribution in [0.5, 0.6) is 0 Å². The number of rotatable bonds is 2. The Kier molecular flexibility index (Phi) is 26.6. The van der Waals surface area contributed by atoms with Crippen LogP contribution in [0.25, 0.3) is 5.41 Å². The predicted octanol–water partition coefficient (Wildman–Crippen LogP) is 2.68. The Labute approximate surface area is 79.7 Å². The molecule has 0 aromatic rings. The molecule has 0 aromatic carbocycles. The Morgan fingerprint density at radius 2 is 1.60 bits per heavy atom. The van der Waals surface area contributed by atoms with Crippen molar-refractivity contribution in [3.63, 3.8) is 0 Å². The van der Waals surface area contributed by atoms with Gasteiger partial charge in [-0.1, -0.05) is 20.3 Å². The molecule has 0 N–H and O–H groups in total. The van der Waals surface area contributed by atoms with E-state index in [4.69, 9.17) is 12.0 Å². The van der Waals surface area contributed by atoms with Crippen LogP contribution in [0.4, 0.5) is 0 Å². The summed E-state index contributed by atoms with van der Waals surface area (Å²) in [6.45, 7) is 8.64. The van der Waals surface area contributed by atoms with Crippen LogP contribution in [-0.4, -0.2) is 5.71 Å². The maximum absolute atomic E-state index is 8.54. The Bertz CT molecular complexity index is 85.4. The molecule has 0 saturated heterocycles. The third-order valence-electron chi connectivity index (χ3n) is 0.535. The minimum Gasteiger partial charge on any atom is -0.811 e. The summed E-state index contributed by atoms with van der Waals surface area (Å²) in [4.78, 5) is 0. The summed E-state index contributed by atoms with van der Waals surface area (Å²) >= 11 is 0. The van der Waals surface area contributed by atoms with Gasteiger partial charge >= 0.3 is 21.1 Å². The summed E-state index contributed by atoms with van der Waals surface area (Å²) < 4.78 is 0. The van der Waals surface area contributed by atoms with Gasteiger partial charge in [0.15, 0.2) is 0 Å². The van der Waals surface area contributed by atoms with E-state index in [-0.39, 0.29) is 35.9 Å². The molecule has 0 amide bonds. The van der Waals surface area contributed by atoms with Crippen molar-refractivity contribution in [1.82, 2.24) is 0 Å². The first-order chi connectivity index (χ1) is 3.13. The number of nitrogens with zero attached hydrogens (tertiary/aromatic N) is 1. The zero-order chi connectivity index (χ0) is 5.86. The molecule has 0 atom stereocenters. The van der Waals surface area contributed by atoms with Crippen LogP contribution in [0.1, 0.15) is 20.3 Å². The molecule has 0 saturated carbocycles. The van der Waals surface area contributed by atoms with Crippen LogP contribution in [0.2, 0.25) is 0 Å². The van der Waals surface area contributed by atoms with Crippen LogP contribution in [-0.2, 0) is 21.1 Å². The van der Waals surface area contributed by atoms with Gasteiger partial charge in [-0.2, -0.15) is 0 Å². The van der Waals surface area contributed by atoms with Crippen LogP contribution < -0.4 is 0 Å². The topological polar surface area (TPSA) is 22.3 Å². The van der Waals surface area contributed by atoms with Crippen LogP contribution >= 0.6 is 0 Å². The van der Waals surface area contributed by atoms with Crippen molar-refractivity contribution in [3.8, 4) is 0 Å². The van der Waals surface area contributed by atoms with Gasteiger partial charge in [0.1, 0.15) is 0 Å². The maximum atomic E-state index is 8.54. The van der Waals surface area contributed by atoms with Crippen molar-refractivity contribution >= 4 is 5.71 Å². The van der Waals surface area contributed by atoms with Crippen molar-refractivity contribution in [2.24, 2.45) is 0 Å². The van der Waals surface area contributed by atoms with Crippen molar-refractivity contribution in [3.05, 3.63) is 32.4 Å². The van der Waals surface area contributed by atoms with Gasteiger partial charge in [-0.05, 0) is 0 Å². The van der Waals surface area contributed by atoms with E-state index in [0.717, 1.165) is 5.57 Å². The fraction of sp³-hybridized carbons (Fsp3) is 0.375. The van der Waals surface area contributed by atoms with E-state index in [0.29, 0.717) is 12.1 Å². The normalized spacial score (nSPS) is 5.80. The van der Waals surface area contributed by atoms with E-state index in [1.165, 1.54) is 0 Å². The maximum Gasteiger partial charge on any atom is 4.00 e. The van der Waals surface area contributed by atoms with Gasteiger partial charge in [-0.25, -0.2) is 5.71 Å². The van der Waals surface area contributed by atoms with Gasteiger partial charge in [0.05, 0.1) is 0 Å². The molecule has 0 spiro atoms. The van der Waals surface area contributed by atoms with Crippen molar-refractivity contribution in [2.75, 3.05) is 0 Å². The van der Waals surface area contributed by atoms with Gasteiger partial charge in [0.2, 0.25) is 0 Å². The molecule has 0 aliphatic rings. The molecule has 0 heterocycles. The third kappa shape index (κ3) is 24.3. The number of hydrogen-bond donors (Lipinski definition) is 0. The average molecular weight is 320 g/mol. The molecule has 1 nitrogen and oxygen atoms in total. The molecule has 0 aliphatic carbocycles. The first kappa shape index (κ1) is 22.5. The van der Waals surface area contributed by atoms with E-state index < -0.39 is 0 Å². The molecule has 0 rings (SSSR count). The Balaban J connectivity index is -0.0000000600. The summed E-state index contributed by atoms with van der Waals surface area (Å²) in [5.41, 5.74) is 1.13. The monoisotopic (exact) mass is 320 g/mol. The van der Waals surface area contributed by atoms with Gasteiger partial charge in [-0.3, -0.25) is 5.57 Å². The number of allylic oxidation sites excluding steroid dienone is 1. The Morgan fingerprint density at radius 3 is 1.60 bits per heavy atom. The van der Waals surface area contributed by atoms with E-state index in [1.54, 1.807) is 13.8 Å². The molecular weight excluding hydrogens is 305 g/mol. The Hall–Kier alpha value is 0.0983.